The number of hydrogen-bond acceptors (Lipinski definition) is 1. The van der Waals surface area contributed by atoms with E-state index in [1.165, 1.54) is 12.1 Å². The van der Waals surface area contributed by atoms with Crippen LogP contribution >= 0.6 is 0 Å². The van der Waals surface area contributed by atoms with Gasteiger partial charge in [-0.05, 0) is 36.5 Å². The van der Waals surface area contributed by atoms with E-state index in [1.54, 1.807) is 12.1 Å². The van der Waals surface area contributed by atoms with Crippen LogP contribution in [-0.2, 0) is 0 Å². The second kappa shape index (κ2) is 5.11. The Morgan fingerprint density at radius 2 is 1.71 bits per heavy atom. The lowest BCUT2D eigenvalue weighted by Gasteiger charge is -2.13. The molecule has 1 atom stereocenters. The van der Waals surface area contributed by atoms with E-state index in [9.17, 15) is 4.39 Å². The lowest BCUT2D eigenvalue weighted by Crippen LogP contribution is -2.11. The van der Waals surface area contributed by atoms with Gasteiger partial charge >= 0.3 is 0 Å². The quantitative estimate of drug-likeness (QED) is 0.784. The van der Waals surface area contributed by atoms with Gasteiger partial charge in [-0.15, -0.1) is 0 Å². The maximum Gasteiger partial charge on any atom is 0.123 e. The van der Waals surface area contributed by atoms with E-state index in [0.717, 1.165) is 18.4 Å². The van der Waals surface area contributed by atoms with Crippen molar-refractivity contribution in [2.75, 3.05) is 0 Å². The SMILES string of the molecule is CC(C)CC[C@H](N)c1ccc(F)cc1. The summed E-state index contributed by atoms with van der Waals surface area (Å²) in [5.74, 6) is 0.464. The molecule has 0 aliphatic rings. The maximum absolute atomic E-state index is 12.6. The first-order chi connectivity index (χ1) is 6.59. The topological polar surface area (TPSA) is 26.0 Å². The summed E-state index contributed by atoms with van der Waals surface area (Å²) >= 11 is 0. The Morgan fingerprint density at radius 1 is 1.14 bits per heavy atom. The highest BCUT2D eigenvalue weighted by molar-refractivity contribution is 5.19. The van der Waals surface area contributed by atoms with Crippen LogP contribution in [0.25, 0.3) is 0 Å². The molecule has 0 amide bonds. The lowest BCUT2D eigenvalue weighted by atomic mass is 9.98. The first-order valence-electron chi connectivity index (χ1n) is 5.10. The molecule has 0 fully saturated rings. The van der Waals surface area contributed by atoms with Crippen LogP contribution in [-0.4, -0.2) is 0 Å². The van der Waals surface area contributed by atoms with Gasteiger partial charge in [-0.25, -0.2) is 4.39 Å². The van der Waals surface area contributed by atoms with E-state index in [0.29, 0.717) is 5.92 Å². The molecule has 0 saturated carbocycles. The molecule has 2 N–H and O–H groups in total. The first kappa shape index (κ1) is 11.2. The molecule has 0 saturated heterocycles. The number of hydrogen-bond donors (Lipinski definition) is 1. The van der Waals surface area contributed by atoms with Crippen molar-refractivity contribution in [3.8, 4) is 0 Å². The number of rotatable bonds is 4. The smallest absolute Gasteiger partial charge is 0.123 e. The van der Waals surface area contributed by atoms with Crippen LogP contribution < -0.4 is 5.73 Å². The zero-order chi connectivity index (χ0) is 10.6. The molecule has 0 aliphatic heterocycles. The van der Waals surface area contributed by atoms with Crippen molar-refractivity contribution in [3.05, 3.63) is 35.6 Å². The minimum Gasteiger partial charge on any atom is -0.324 e. The van der Waals surface area contributed by atoms with Crippen LogP contribution in [0.15, 0.2) is 24.3 Å². The van der Waals surface area contributed by atoms with Crippen LogP contribution in [0.5, 0.6) is 0 Å². The fraction of sp³-hybridized carbons (Fsp3) is 0.500. The normalized spacial score (nSPS) is 13.2. The predicted octanol–water partition coefficient (Wildman–Crippen LogP) is 3.26. The molecule has 1 aromatic rings. The third kappa shape index (κ3) is 3.46. The molecule has 1 aromatic carbocycles. The largest absolute Gasteiger partial charge is 0.324 e. The standard InChI is InChI=1S/C12H18FN/c1-9(2)3-8-12(14)10-4-6-11(13)7-5-10/h4-7,9,12H,3,8,14H2,1-2H3/t12-/m0/s1. The fourth-order valence-electron chi connectivity index (χ4n) is 1.39. The molecule has 0 heterocycles. The summed E-state index contributed by atoms with van der Waals surface area (Å²) in [5, 5.41) is 0. The van der Waals surface area contributed by atoms with Gasteiger partial charge in [-0.2, -0.15) is 0 Å². The van der Waals surface area contributed by atoms with Crippen LogP contribution in [0.1, 0.15) is 38.3 Å². The average molecular weight is 195 g/mol. The summed E-state index contributed by atoms with van der Waals surface area (Å²) in [6.45, 7) is 4.36. The van der Waals surface area contributed by atoms with Gasteiger partial charge in [0.1, 0.15) is 5.82 Å². The Morgan fingerprint density at radius 3 is 2.21 bits per heavy atom. The highest BCUT2D eigenvalue weighted by atomic mass is 19.1. The molecule has 0 aliphatic carbocycles. The van der Waals surface area contributed by atoms with Crippen molar-refractivity contribution in [2.45, 2.75) is 32.7 Å². The summed E-state index contributed by atoms with van der Waals surface area (Å²) in [5.41, 5.74) is 6.99. The summed E-state index contributed by atoms with van der Waals surface area (Å²) in [6, 6.07) is 6.49. The van der Waals surface area contributed by atoms with Crippen LogP contribution in [0.3, 0.4) is 0 Å². The molecule has 1 nitrogen and oxygen atoms in total. The summed E-state index contributed by atoms with van der Waals surface area (Å²) in [7, 11) is 0. The maximum atomic E-state index is 12.6. The Balaban J connectivity index is 2.52. The Kier molecular flexibility index (Phi) is 4.08. The number of halogens is 1. The Bertz CT molecular complexity index is 266. The van der Waals surface area contributed by atoms with Gasteiger partial charge in [-0.1, -0.05) is 26.0 Å². The number of nitrogens with two attached hydrogens (primary N) is 1. The zero-order valence-corrected chi connectivity index (χ0v) is 8.83. The van der Waals surface area contributed by atoms with Gasteiger partial charge in [0.15, 0.2) is 0 Å². The highest BCUT2D eigenvalue weighted by Crippen LogP contribution is 2.18. The predicted molar refractivity (Wildman–Crippen MR) is 57.4 cm³/mol. The third-order valence-corrected chi connectivity index (χ3v) is 2.35. The molecule has 1 rings (SSSR count). The molecule has 0 bridgehead atoms. The second-order valence-electron chi connectivity index (χ2n) is 4.13. The third-order valence-electron chi connectivity index (χ3n) is 2.35. The van der Waals surface area contributed by atoms with E-state index in [-0.39, 0.29) is 11.9 Å². The molecular weight excluding hydrogens is 177 g/mol. The van der Waals surface area contributed by atoms with Crippen LogP contribution in [0.4, 0.5) is 4.39 Å². The van der Waals surface area contributed by atoms with Gasteiger partial charge in [-0.3, -0.25) is 0 Å². The van der Waals surface area contributed by atoms with Crippen molar-refractivity contribution < 1.29 is 4.39 Å². The molecule has 2 heteroatoms. The van der Waals surface area contributed by atoms with Crippen LogP contribution in [0, 0.1) is 11.7 Å². The van der Waals surface area contributed by atoms with Crippen molar-refractivity contribution >= 4 is 0 Å². The van der Waals surface area contributed by atoms with Gasteiger partial charge in [0.2, 0.25) is 0 Å². The van der Waals surface area contributed by atoms with Crippen molar-refractivity contribution in [2.24, 2.45) is 11.7 Å². The second-order valence-corrected chi connectivity index (χ2v) is 4.13. The monoisotopic (exact) mass is 195 g/mol. The van der Waals surface area contributed by atoms with Crippen molar-refractivity contribution in [1.82, 2.24) is 0 Å². The van der Waals surface area contributed by atoms with E-state index in [1.807, 2.05) is 0 Å². The minimum absolute atomic E-state index is 0.0398. The summed E-state index contributed by atoms with van der Waals surface area (Å²) in [4.78, 5) is 0. The molecule has 0 aromatic heterocycles. The number of benzene rings is 1. The summed E-state index contributed by atoms with van der Waals surface area (Å²) < 4.78 is 12.6. The van der Waals surface area contributed by atoms with E-state index < -0.39 is 0 Å². The molecule has 14 heavy (non-hydrogen) atoms. The highest BCUT2D eigenvalue weighted by Gasteiger charge is 2.06. The first-order valence-corrected chi connectivity index (χ1v) is 5.10. The minimum atomic E-state index is -0.204. The average Bonchev–Trinajstić information content (AvgIpc) is 2.15. The summed E-state index contributed by atoms with van der Waals surface area (Å²) in [6.07, 6.45) is 2.07. The Hall–Kier alpha value is -0.890. The van der Waals surface area contributed by atoms with Gasteiger partial charge < -0.3 is 5.73 Å². The van der Waals surface area contributed by atoms with Gasteiger partial charge in [0.05, 0.1) is 0 Å². The van der Waals surface area contributed by atoms with E-state index in [4.69, 9.17) is 5.73 Å². The lowest BCUT2D eigenvalue weighted by molar-refractivity contribution is 0.506. The van der Waals surface area contributed by atoms with Crippen LogP contribution in [0.2, 0.25) is 0 Å². The van der Waals surface area contributed by atoms with E-state index in [2.05, 4.69) is 13.8 Å². The van der Waals surface area contributed by atoms with Crippen molar-refractivity contribution in [1.29, 1.82) is 0 Å². The van der Waals surface area contributed by atoms with E-state index >= 15 is 0 Å². The van der Waals surface area contributed by atoms with Gasteiger partial charge in [0, 0.05) is 6.04 Å². The molecule has 0 radical (unpaired) electrons. The molecule has 0 unspecified atom stereocenters. The van der Waals surface area contributed by atoms with Crippen molar-refractivity contribution in [3.63, 3.8) is 0 Å². The zero-order valence-electron chi connectivity index (χ0n) is 8.83. The van der Waals surface area contributed by atoms with Gasteiger partial charge in [0.25, 0.3) is 0 Å². The molecule has 78 valence electrons. The Labute approximate surface area is 85.1 Å². The molecular formula is C12H18FN. The molecule has 0 spiro atoms. The fourth-order valence-corrected chi connectivity index (χ4v) is 1.39.